The van der Waals surface area contributed by atoms with Gasteiger partial charge in [-0.3, -0.25) is 4.79 Å². The third kappa shape index (κ3) is 2.41. The van der Waals surface area contributed by atoms with Crippen LogP contribution in [0.25, 0.3) is 0 Å². The second-order valence-corrected chi connectivity index (χ2v) is 5.73. The summed E-state index contributed by atoms with van der Waals surface area (Å²) in [5.74, 6) is -0.684. The maximum atomic E-state index is 14.0. The summed E-state index contributed by atoms with van der Waals surface area (Å²) in [5.41, 5.74) is 2.49. The van der Waals surface area contributed by atoms with E-state index in [0.29, 0.717) is 17.4 Å². The number of ketones is 1. The lowest BCUT2D eigenvalue weighted by Gasteiger charge is -2.25. The van der Waals surface area contributed by atoms with Gasteiger partial charge < -0.3 is 5.32 Å². The predicted octanol–water partition coefficient (Wildman–Crippen LogP) is 3.49. The predicted molar refractivity (Wildman–Crippen MR) is 79.2 cm³/mol. The van der Waals surface area contributed by atoms with Gasteiger partial charge in [0.05, 0.1) is 16.1 Å². The molecule has 1 atom stereocenters. The van der Waals surface area contributed by atoms with Gasteiger partial charge in [-0.1, -0.05) is 30.3 Å². The highest BCUT2D eigenvalue weighted by atomic mass is 79.9. The summed E-state index contributed by atoms with van der Waals surface area (Å²) < 4.78 is 14.3. The van der Waals surface area contributed by atoms with Crippen molar-refractivity contribution in [2.45, 2.75) is 19.0 Å². The largest absolute Gasteiger partial charge is 0.303 e. The van der Waals surface area contributed by atoms with Crippen molar-refractivity contribution in [1.29, 1.82) is 0 Å². The third-order valence-corrected chi connectivity index (χ3v) is 4.23. The Labute approximate surface area is 125 Å². The minimum absolute atomic E-state index is 0.135. The molecule has 1 unspecified atom stereocenters. The van der Waals surface area contributed by atoms with Crippen LogP contribution in [0.3, 0.4) is 0 Å². The van der Waals surface area contributed by atoms with Gasteiger partial charge in [0.15, 0.2) is 5.78 Å². The summed E-state index contributed by atoms with van der Waals surface area (Å²) in [7, 11) is 0. The van der Waals surface area contributed by atoms with Crippen molar-refractivity contribution in [3.8, 4) is 0 Å². The molecule has 1 aliphatic heterocycles. The molecule has 0 saturated carbocycles. The van der Waals surface area contributed by atoms with Crippen LogP contribution in [0.5, 0.6) is 0 Å². The topological polar surface area (TPSA) is 29.1 Å². The molecule has 0 radical (unpaired) electrons. The molecule has 1 aliphatic rings. The molecular weight excluding hydrogens is 321 g/mol. The highest BCUT2D eigenvalue weighted by Crippen LogP contribution is 2.23. The maximum absolute atomic E-state index is 14.0. The monoisotopic (exact) mass is 333 g/mol. The van der Waals surface area contributed by atoms with Crippen LogP contribution in [0.4, 0.5) is 4.39 Å². The number of Topliss-reactive ketones (excluding diaryl/α,β-unsaturated/α-hetero) is 1. The summed E-state index contributed by atoms with van der Waals surface area (Å²) in [4.78, 5) is 12.5. The van der Waals surface area contributed by atoms with Gasteiger partial charge in [-0.05, 0) is 45.6 Å². The van der Waals surface area contributed by atoms with Crippen molar-refractivity contribution in [3.05, 3.63) is 69.4 Å². The average Bonchev–Trinajstić information content (AvgIpc) is 2.49. The summed E-state index contributed by atoms with van der Waals surface area (Å²) in [6.45, 7) is 0.641. The molecule has 2 aromatic carbocycles. The summed E-state index contributed by atoms with van der Waals surface area (Å²) in [5, 5.41) is 3.19. The van der Waals surface area contributed by atoms with Crippen molar-refractivity contribution >= 4 is 21.7 Å². The smallest absolute Gasteiger partial charge is 0.183 e. The van der Waals surface area contributed by atoms with Crippen LogP contribution >= 0.6 is 15.9 Å². The fraction of sp³-hybridized carbons (Fsp3) is 0.188. The Morgan fingerprint density at radius 2 is 1.90 bits per heavy atom. The van der Waals surface area contributed by atoms with E-state index in [9.17, 15) is 9.18 Å². The molecule has 4 heteroatoms. The van der Waals surface area contributed by atoms with Gasteiger partial charge in [0, 0.05) is 6.54 Å². The SMILES string of the molecule is O=C(c1cccc(Br)c1F)C1Cc2ccccc2CN1. The molecule has 1 N–H and O–H groups in total. The lowest BCUT2D eigenvalue weighted by Crippen LogP contribution is -2.42. The zero-order chi connectivity index (χ0) is 14.1. The van der Waals surface area contributed by atoms with Gasteiger partial charge >= 0.3 is 0 Å². The Bertz CT molecular complexity index is 671. The van der Waals surface area contributed by atoms with Crippen molar-refractivity contribution in [3.63, 3.8) is 0 Å². The molecule has 3 rings (SSSR count). The molecule has 0 aliphatic carbocycles. The van der Waals surface area contributed by atoms with E-state index >= 15 is 0 Å². The van der Waals surface area contributed by atoms with Gasteiger partial charge in [0.2, 0.25) is 0 Å². The lowest BCUT2D eigenvalue weighted by atomic mass is 9.91. The second-order valence-electron chi connectivity index (χ2n) is 4.87. The van der Waals surface area contributed by atoms with Crippen LogP contribution in [0, 0.1) is 5.82 Å². The van der Waals surface area contributed by atoms with E-state index in [4.69, 9.17) is 0 Å². The molecule has 2 nitrogen and oxygen atoms in total. The highest BCUT2D eigenvalue weighted by Gasteiger charge is 2.27. The molecule has 0 amide bonds. The number of fused-ring (bicyclic) bond motifs is 1. The van der Waals surface area contributed by atoms with E-state index in [0.717, 1.165) is 5.56 Å². The first-order chi connectivity index (χ1) is 9.66. The van der Waals surface area contributed by atoms with Gasteiger partial charge in [0.1, 0.15) is 5.82 Å². The molecule has 2 aromatic rings. The summed E-state index contributed by atoms with van der Waals surface area (Å²) in [6, 6.07) is 12.4. The van der Waals surface area contributed by atoms with Crippen molar-refractivity contribution in [2.24, 2.45) is 0 Å². The number of hydrogen-bond acceptors (Lipinski definition) is 2. The van der Waals surface area contributed by atoms with Crippen LogP contribution < -0.4 is 5.32 Å². The molecule has 0 fully saturated rings. The fourth-order valence-electron chi connectivity index (χ4n) is 2.52. The Hall–Kier alpha value is -1.52. The molecule has 0 spiro atoms. The standard InChI is InChI=1S/C16H13BrFNO/c17-13-7-3-6-12(15(13)18)16(20)14-8-10-4-1-2-5-11(10)9-19-14/h1-7,14,19H,8-9H2. The average molecular weight is 334 g/mol. The Morgan fingerprint density at radius 3 is 2.70 bits per heavy atom. The normalized spacial score (nSPS) is 17.6. The van der Waals surface area contributed by atoms with E-state index in [1.165, 1.54) is 11.6 Å². The van der Waals surface area contributed by atoms with E-state index in [-0.39, 0.29) is 17.4 Å². The van der Waals surface area contributed by atoms with E-state index in [2.05, 4.69) is 21.2 Å². The number of benzene rings is 2. The van der Waals surface area contributed by atoms with E-state index < -0.39 is 5.82 Å². The first-order valence-corrected chi connectivity index (χ1v) is 7.24. The van der Waals surface area contributed by atoms with Crippen molar-refractivity contribution < 1.29 is 9.18 Å². The Morgan fingerprint density at radius 1 is 1.15 bits per heavy atom. The minimum atomic E-state index is -0.488. The Kier molecular flexibility index (Phi) is 3.68. The molecular formula is C16H13BrFNO. The molecule has 20 heavy (non-hydrogen) atoms. The van der Waals surface area contributed by atoms with Crippen molar-refractivity contribution in [1.82, 2.24) is 5.32 Å². The molecule has 0 aromatic heterocycles. The molecule has 0 saturated heterocycles. The number of carbonyl (C=O) groups excluding carboxylic acids is 1. The number of halogens is 2. The number of rotatable bonds is 2. The summed E-state index contributed by atoms with van der Waals surface area (Å²) >= 11 is 3.12. The van der Waals surface area contributed by atoms with Crippen LogP contribution in [0.15, 0.2) is 46.9 Å². The first kappa shape index (κ1) is 13.5. The highest BCUT2D eigenvalue weighted by molar-refractivity contribution is 9.10. The maximum Gasteiger partial charge on any atom is 0.183 e. The van der Waals surface area contributed by atoms with Crippen LogP contribution in [-0.2, 0) is 13.0 Å². The molecule has 0 bridgehead atoms. The molecule has 102 valence electrons. The van der Waals surface area contributed by atoms with Crippen molar-refractivity contribution in [2.75, 3.05) is 0 Å². The van der Waals surface area contributed by atoms with Crippen LogP contribution in [-0.4, -0.2) is 11.8 Å². The Balaban J connectivity index is 1.88. The zero-order valence-corrected chi connectivity index (χ0v) is 12.3. The minimum Gasteiger partial charge on any atom is -0.303 e. The molecule has 1 heterocycles. The zero-order valence-electron chi connectivity index (χ0n) is 10.7. The third-order valence-electron chi connectivity index (χ3n) is 3.61. The number of nitrogens with one attached hydrogen (secondary N) is 1. The van der Waals surface area contributed by atoms with Gasteiger partial charge in [-0.25, -0.2) is 4.39 Å². The van der Waals surface area contributed by atoms with Crippen LogP contribution in [0.2, 0.25) is 0 Å². The van der Waals surface area contributed by atoms with E-state index in [1.54, 1.807) is 12.1 Å². The number of carbonyl (C=O) groups is 1. The fourth-order valence-corrected chi connectivity index (χ4v) is 2.89. The van der Waals surface area contributed by atoms with Crippen LogP contribution in [0.1, 0.15) is 21.5 Å². The summed E-state index contributed by atoms with van der Waals surface area (Å²) in [6.07, 6.45) is 0.598. The first-order valence-electron chi connectivity index (χ1n) is 6.45. The number of hydrogen-bond donors (Lipinski definition) is 1. The lowest BCUT2D eigenvalue weighted by molar-refractivity contribution is 0.0934. The van der Waals surface area contributed by atoms with Gasteiger partial charge in [-0.15, -0.1) is 0 Å². The second kappa shape index (κ2) is 5.46. The quantitative estimate of drug-likeness (QED) is 0.852. The van der Waals surface area contributed by atoms with E-state index in [1.807, 2.05) is 24.3 Å². The van der Waals surface area contributed by atoms with Gasteiger partial charge in [0.25, 0.3) is 0 Å². The van der Waals surface area contributed by atoms with Gasteiger partial charge in [-0.2, -0.15) is 0 Å².